The molecular formula is C20H23BrN2O4. The van der Waals surface area contributed by atoms with Gasteiger partial charge in [0.05, 0.1) is 17.7 Å². The highest BCUT2D eigenvalue weighted by Crippen LogP contribution is 2.26. The van der Waals surface area contributed by atoms with E-state index in [1.807, 2.05) is 6.92 Å². The van der Waals surface area contributed by atoms with Crippen LogP contribution in [0.15, 0.2) is 46.9 Å². The Kier molecular flexibility index (Phi) is 8.29. The molecule has 0 spiro atoms. The molecule has 0 unspecified atom stereocenters. The lowest BCUT2D eigenvalue weighted by Gasteiger charge is -2.10. The van der Waals surface area contributed by atoms with Gasteiger partial charge in [0.25, 0.3) is 11.8 Å². The van der Waals surface area contributed by atoms with E-state index in [1.54, 1.807) is 49.6 Å². The van der Waals surface area contributed by atoms with Crippen LogP contribution in [-0.2, 0) is 4.74 Å². The van der Waals surface area contributed by atoms with Crippen molar-refractivity contribution < 1.29 is 19.1 Å². The monoisotopic (exact) mass is 434 g/mol. The number of rotatable bonds is 9. The van der Waals surface area contributed by atoms with Crippen LogP contribution in [0.2, 0.25) is 0 Å². The Bertz CT molecular complexity index is 795. The summed E-state index contributed by atoms with van der Waals surface area (Å²) >= 11 is 3.42. The fourth-order valence-corrected chi connectivity index (χ4v) is 2.77. The molecular weight excluding hydrogens is 412 g/mol. The van der Waals surface area contributed by atoms with E-state index >= 15 is 0 Å². The first-order valence-electron chi connectivity index (χ1n) is 8.66. The van der Waals surface area contributed by atoms with Gasteiger partial charge < -0.3 is 20.1 Å². The molecule has 0 bridgehead atoms. The first-order chi connectivity index (χ1) is 13.0. The SMILES string of the molecule is CCCOc1ccc(C(=O)Nc2cccc(C(=O)NCCOC)c2)cc1Br. The van der Waals surface area contributed by atoms with E-state index in [9.17, 15) is 9.59 Å². The molecule has 2 aromatic rings. The van der Waals surface area contributed by atoms with Crippen molar-refractivity contribution in [1.82, 2.24) is 5.32 Å². The van der Waals surface area contributed by atoms with Crippen molar-refractivity contribution in [2.75, 3.05) is 32.2 Å². The lowest BCUT2D eigenvalue weighted by molar-refractivity contribution is 0.0936. The summed E-state index contributed by atoms with van der Waals surface area (Å²) in [5, 5.41) is 5.55. The van der Waals surface area contributed by atoms with Crippen molar-refractivity contribution in [2.45, 2.75) is 13.3 Å². The van der Waals surface area contributed by atoms with Gasteiger partial charge in [0.1, 0.15) is 5.75 Å². The molecule has 27 heavy (non-hydrogen) atoms. The van der Waals surface area contributed by atoms with Gasteiger partial charge in [0, 0.05) is 30.5 Å². The molecule has 0 aromatic heterocycles. The quantitative estimate of drug-likeness (QED) is 0.587. The minimum atomic E-state index is -0.269. The summed E-state index contributed by atoms with van der Waals surface area (Å²) in [5.74, 6) is 0.209. The Hall–Kier alpha value is -2.38. The zero-order valence-corrected chi connectivity index (χ0v) is 17.0. The van der Waals surface area contributed by atoms with Crippen LogP contribution in [-0.4, -0.2) is 38.7 Å². The molecule has 2 aromatic carbocycles. The summed E-state index contributed by atoms with van der Waals surface area (Å²) in [6.45, 7) is 3.51. The molecule has 0 radical (unpaired) electrons. The molecule has 0 saturated carbocycles. The van der Waals surface area contributed by atoms with E-state index in [2.05, 4.69) is 26.6 Å². The first-order valence-corrected chi connectivity index (χ1v) is 9.45. The van der Waals surface area contributed by atoms with Crippen LogP contribution >= 0.6 is 15.9 Å². The molecule has 0 fully saturated rings. The molecule has 0 aliphatic rings. The Morgan fingerprint density at radius 2 is 1.81 bits per heavy atom. The summed E-state index contributed by atoms with van der Waals surface area (Å²) in [7, 11) is 1.57. The highest BCUT2D eigenvalue weighted by atomic mass is 79.9. The van der Waals surface area contributed by atoms with Gasteiger partial charge in [-0.2, -0.15) is 0 Å². The van der Waals surface area contributed by atoms with Crippen molar-refractivity contribution >= 4 is 33.4 Å². The minimum Gasteiger partial charge on any atom is -0.492 e. The maximum absolute atomic E-state index is 12.5. The van der Waals surface area contributed by atoms with Gasteiger partial charge in [-0.1, -0.05) is 13.0 Å². The number of nitrogens with one attached hydrogen (secondary N) is 2. The standard InChI is InChI=1S/C20H23BrN2O4/c1-3-10-27-18-8-7-15(13-17(18)21)20(25)23-16-6-4-5-14(12-16)19(24)22-9-11-26-2/h4-8,12-13H,3,9-11H2,1-2H3,(H,22,24)(H,23,25). The van der Waals surface area contributed by atoms with Crippen LogP contribution in [0.5, 0.6) is 5.75 Å². The summed E-state index contributed by atoms with van der Waals surface area (Å²) in [4.78, 5) is 24.6. The molecule has 0 atom stereocenters. The average Bonchev–Trinajstić information content (AvgIpc) is 2.67. The summed E-state index contributed by atoms with van der Waals surface area (Å²) in [6.07, 6.45) is 0.907. The van der Waals surface area contributed by atoms with Crippen molar-refractivity contribution in [3.63, 3.8) is 0 Å². The van der Waals surface area contributed by atoms with Crippen molar-refractivity contribution in [3.05, 3.63) is 58.1 Å². The number of benzene rings is 2. The van der Waals surface area contributed by atoms with Crippen LogP contribution in [0.1, 0.15) is 34.1 Å². The fraction of sp³-hybridized carbons (Fsp3) is 0.300. The van der Waals surface area contributed by atoms with Crippen LogP contribution in [0.4, 0.5) is 5.69 Å². The van der Waals surface area contributed by atoms with Gasteiger partial charge in [-0.3, -0.25) is 9.59 Å². The molecule has 0 aliphatic heterocycles. The predicted octanol–water partition coefficient (Wildman–Crippen LogP) is 3.87. The lowest BCUT2D eigenvalue weighted by atomic mass is 10.1. The normalized spacial score (nSPS) is 10.3. The van der Waals surface area contributed by atoms with Gasteiger partial charge in [-0.25, -0.2) is 0 Å². The number of hydrogen-bond donors (Lipinski definition) is 2. The number of carbonyl (C=O) groups is 2. The zero-order valence-electron chi connectivity index (χ0n) is 15.4. The minimum absolute atomic E-state index is 0.219. The number of methoxy groups -OCH3 is 1. The third kappa shape index (κ3) is 6.37. The van der Waals surface area contributed by atoms with Crippen LogP contribution in [0.25, 0.3) is 0 Å². The summed E-state index contributed by atoms with van der Waals surface area (Å²) in [5.41, 5.74) is 1.50. The number of hydrogen-bond acceptors (Lipinski definition) is 4. The van der Waals surface area contributed by atoms with E-state index < -0.39 is 0 Å². The number of anilines is 1. The Morgan fingerprint density at radius 3 is 2.52 bits per heavy atom. The lowest BCUT2D eigenvalue weighted by Crippen LogP contribution is -2.27. The summed E-state index contributed by atoms with van der Waals surface area (Å²) in [6, 6.07) is 11.9. The number of amides is 2. The van der Waals surface area contributed by atoms with Gasteiger partial charge in [-0.15, -0.1) is 0 Å². The maximum atomic E-state index is 12.5. The molecule has 0 aliphatic carbocycles. The highest BCUT2D eigenvalue weighted by molar-refractivity contribution is 9.10. The Morgan fingerprint density at radius 1 is 1.04 bits per heavy atom. The molecule has 7 heteroatoms. The van der Waals surface area contributed by atoms with E-state index in [4.69, 9.17) is 9.47 Å². The van der Waals surface area contributed by atoms with E-state index in [0.29, 0.717) is 42.3 Å². The average molecular weight is 435 g/mol. The van der Waals surface area contributed by atoms with Crippen molar-refractivity contribution in [3.8, 4) is 5.75 Å². The van der Waals surface area contributed by atoms with Gasteiger partial charge >= 0.3 is 0 Å². The predicted molar refractivity (Wildman–Crippen MR) is 109 cm³/mol. The van der Waals surface area contributed by atoms with E-state index in [-0.39, 0.29) is 11.8 Å². The van der Waals surface area contributed by atoms with Crippen molar-refractivity contribution in [1.29, 1.82) is 0 Å². The third-order valence-corrected chi connectivity index (χ3v) is 4.25. The molecule has 2 N–H and O–H groups in total. The van der Waals surface area contributed by atoms with Crippen LogP contribution < -0.4 is 15.4 Å². The molecule has 2 amide bonds. The van der Waals surface area contributed by atoms with Crippen LogP contribution in [0, 0.1) is 0 Å². The second-order valence-corrected chi connectivity index (χ2v) is 6.63. The Balaban J connectivity index is 2.04. The van der Waals surface area contributed by atoms with Gasteiger partial charge in [0.2, 0.25) is 0 Å². The largest absolute Gasteiger partial charge is 0.492 e. The maximum Gasteiger partial charge on any atom is 0.255 e. The highest BCUT2D eigenvalue weighted by Gasteiger charge is 2.11. The van der Waals surface area contributed by atoms with E-state index in [1.165, 1.54) is 0 Å². The van der Waals surface area contributed by atoms with Gasteiger partial charge in [-0.05, 0) is 58.7 Å². The topological polar surface area (TPSA) is 76.7 Å². The zero-order chi connectivity index (χ0) is 19.6. The molecule has 0 heterocycles. The smallest absolute Gasteiger partial charge is 0.255 e. The number of halogens is 1. The summed E-state index contributed by atoms with van der Waals surface area (Å²) < 4.78 is 11.2. The second-order valence-electron chi connectivity index (χ2n) is 5.78. The van der Waals surface area contributed by atoms with Gasteiger partial charge in [0.15, 0.2) is 0 Å². The van der Waals surface area contributed by atoms with E-state index in [0.717, 1.165) is 10.9 Å². The Labute approximate surface area is 167 Å². The molecule has 6 nitrogen and oxygen atoms in total. The molecule has 2 rings (SSSR count). The number of carbonyl (C=O) groups excluding carboxylic acids is 2. The molecule has 0 saturated heterocycles. The number of ether oxygens (including phenoxy) is 2. The van der Waals surface area contributed by atoms with Crippen molar-refractivity contribution in [2.24, 2.45) is 0 Å². The second kappa shape index (κ2) is 10.7. The third-order valence-electron chi connectivity index (χ3n) is 3.63. The molecule has 144 valence electrons. The van der Waals surface area contributed by atoms with Crippen LogP contribution in [0.3, 0.4) is 0 Å². The first kappa shape index (κ1) is 20.9. The fourth-order valence-electron chi connectivity index (χ4n) is 2.28.